The third kappa shape index (κ3) is 2.72. The summed E-state index contributed by atoms with van der Waals surface area (Å²) in [7, 11) is 0. The Balaban J connectivity index is 1.68. The quantitative estimate of drug-likeness (QED) is 0.849. The molecule has 0 bridgehead atoms. The molecular formula is C16H21F2NO. The number of morpholine rings is 1. The Bertz CT molecular complexity index is 473. The van der Waals surface area contributed by atoms with Crippen LogP contribution in [0.15, 0.2) is 18.2 Å². The summed E-state index contributed by atoms with van der Waals surface area (Å²) < 4.78 is 32.9. The Kier molecular flexibility index (Phi) is 3.78. The monoisotopic (exact) mass is 281 g/mol. The van der Waals surface area contributed by atoms with Gasteiger partial charge in [0.25, 0.3) is 0 Å². The van der Waals surface area contributed by atoms with Gasteiger partial charge in [-0.25, -0.2) is 8.78 Å². The number of ether oxygens (including phenoxy) is 1. The molecule has 1 N–H and O–H groups in total. The van der Waals surface area contributed by atoms with Crippen molar-refractivity contribution in [1.82, 2.24) is 5.32 Å². The summed E-state index contributed by atoms with van der Waals surface area (Å²) in [6.07, 6.45) is 4.22. The van der Waals surface area contributed by atoms with Crippen LogP contribution in [0.3, 0.4) is 0 Å². The molecule has 1 unspecified atom stereocenters. The highest BCUT2D eigenvalue weighted by Gasteiger charge is 2.39. The first-order valence-corrected chi connectivity index (χ1v) is 7.40. The summed E-state index contributed by atoms with van der Waals surface area (Å²) in [6, 6.07) is 3.54. The lowest BCUT2D eigenvalue weighted by Crippen LogP contribution is -2.56. The molecule has 1 saturated heterocycles. The average Bonchev–Trinajstić information content (AvgIpc) is 2.46. The molecule has 1 atom stereocenters. The minimum Gasteiger partial charge on any atom is -0.370 e. The maximum Gasteiger partial charge on any atom is 0.129 e. The maximum atomic E-state index is 13.8. The first-order chi connectivity index (χ1) is 9.58. The Morgan fingerprint density at radius 3 is 2.65 bits per heavy atom. The molecule has 1 saturated carbocycles. The molecule has 2 nitrogen and oxygen atoms in total. The van der Waals surface area contributed by atoms with Crippen LogP contribution in [0, 0.1) is 17.6 Å². The van der Waals surface area contributed by atoms with E-state index in [1.807, 2.05) is 0 Å². The van der Waals surface area contributed by atoms with Crippen molar-refractivity contribution in [2.45, 2.75) is 44.2 Å². The lowest BCUT2D eigenvalue weighted by molar-refractivity contribution is -0.0517. The largest absolute Gasteiger partial charge is 0.370 e. The lowest BCUT2D eigenvalue weighted by Gasteiger charge is -2.45. The van der Waals surface area contributed by atoms with Gasteiger partial charge < -0.3 is 10.1 Å². The van der Waals surface area contributed by atoms with Crippen LogP contribution >= 0.6 is 0 Å². The molecule has 4 heteroatoms. The zero-order valence-electron chi connectivity index (χ0n) is 11.8. The molecule has 2 fully saturated rings. The molecule has 2 aliphatic rings. The highest BCUT2D eigenvalue weighted by molar-refractivity contribution is 5.22. The third-order valence-corrected chi connectivity index (χ3v) is 4.76. The van der Waals surface area contributed by atoms with E-state index in [0.717, 1.165) is 24.8 Å². The van der Waals surface area contributed by atoms with E-state index in [4.69, 9.17) is 4.74 Å². The van der Waals surface area contributed by atoms with E-state index in [1.165, 1.54) is 25.0 Å². The van der Waals surface area contributed by atoms with Gasteiger partial charge in [0.2, 0.25) is 0 Å². The van der Waals surface area contributed by atoms with Crippen LogP contribution in [0.25, 0.3) is 0 Å². The second-order valence-electron chi connectivity index (χ2n) is 6.31. The van der Waals surface area contributed by atoms with Crippen molar-refractivity contribution in [3.05, 3.63) is 35.4 Å². The molecule has 1 aliphatic carbocycles. The molecule has 110 valence electrons. The molecule has 1 spiro atoms. The standard InChI is InChI=1S/C16H21F2NO/c1-11-4-6-16(7-5-11)10-20-15(9-19-16)13-8-12(17)2-3-14(13)18/h2-3,8,11,15,19H,4-7,9-10H2,1H3. The van der Waals surface area contributed by atoms with Crippen LogP contribution in [0.4, 0.5) is 8.78 Å². The summed E-state index contributed by atoms with van der Waals surface area (Å²) in [6.45, 7) is 3.41. The van der Waals surface area contributed by atoms with Gasteiger partial charge in [0, 0.05) is 17.6 Å². The number of benzene rings is 1. The van der Waals surface area contributed by atoms with Crippen molar-refractivity contribution in [1.29, 1.82) is 0 Å². The fraction of sp³-hybridized carbons (Fsp3) is 0.625. The Morgan fingerprint density at radius 1 is 1.25 bits per heavy atom. The van der Waals surface area contributed by atoms with Gasteiger partial charge in [-0.05, 0) is 49.8 Å². The highest BCUT2D eigenvalue weighted by Crippen LogP contribution is 2.36. The number of rotatable bonds is 1. The maximum absolute atomic E-state index is 13.8. The fourth-order valence-corrected chi connectivity index (χ4v) is 3.28. The first-order valence-electron chi connectivity index (χ1n) is 7.40. The summed E-state index contributed by atoms with van der Waals surface area (Å²) in [5.41, 5.74) is 0.365. The third-order valence-electron chi connectivity index (χ3n) is 4.76. The molecule has 0 amide bonds. The first kappa shape index (κ1) is 14.0. The molecule has 1 aliphatic heterocycles. The normalized spacial score (nSPS) is 34.4. The average molecular weight is 281 g/mol. The van der Waals surface area contributed by atoms with E-state index in [1.54, 1.807) is 0 Å². The van der Waals surface area contributed by atoms with Gasteiger partial charge in [-0.3, -0.25) is 0 Å². The van der Waals surface area contributed by atoms with Crippen molar-refractivity contribution in [3.63, 3.8) is 0 Å². The van der Waals surface area contributed by atoms with Crippen molar-refractivity contribution >= 4 is 0 Å². The summed E-state index contributed by atoms with van der Waals surface area (Å²) in [4.78, 5) is 0. The molecule has 20 heavy (non-hydrogen) atoms. The van der Waals surface area contributed by atoms with E-state index in [9.17, 15) is 8.78 Å². The van der Waals surface area contributed by atoms with Crippen molar-refractivity contribution < 1.29 is 13.5 Å². The zero-order valence-corrected chi connectivity index (χ0v) is 11.8. The Labute approximate surface area is 118 Å². The minimum absolute atomic E-state index is 0.0484. The second kappa shape index (κ2) is 5.41. The summed E-state index contributed by atoms with van der Waals surface area (Å²) in [5.74, 6) is -0.0380. The Morgan fingerprint density at radius 2 is 2.00 bits per heavy atom. The fourth-order valence-electron chi connectivity index (χ4n) is 3.28. The van der Waals surface area contributed by atoms with Crippen LogP contribution in [0.1, 0.15) is 44.3 Å². The smallest absolute Gasteiger partial charge is 0.129 e. The van der Waals surface area contributed by atoms with Crippen molar-refractivity contribution in [2.75, 3.05) is 13.2 Å². The number of hydrogen-bond acceptors (Lipinski definition) is 2. The predicted molar refractivity (Wildman–Crippen MR) is 73.4 cm³/mol. The van der Waals surface area contributed by atoms with E-state index < -0.39 is 17.7 Å². The van der Waals surface area contributed by atoms with E-state index in [-0.39, 0.29) is 5.54 Å². The van der Waals surface area contributed by atoms with E-state index in [2.05, 4.69) is 12.2 Å². The number of halogens is 2. The Hall–Kier alpha value is -1.00. The van der Waals surface area contributed by atoms with Gasteiger partial charge >= 0.3 is 0 Å². The van der Waals surface area contributed by atoms with Crippen molar-refractivity contribution in [3.8, 4) is 0 Å². The van der Waals surface area contributed by atoms with Gasteiger partial charge in [0.1, 0.15) is 11.6 Å². The molecule has 1 aromatic carbocycles. The zero-order chi connectivity index (χ0) is 14.2. The van der Waals surface area contributed by atoms with Gasteiger partial charge in [-0.1, -0.05) is 6.92 Å². The molecule has 1 aromatic rings. The van der Waals surface area contributed by atoms with Gasteiger partial charge in [0.15, 0.2) is 0 Å². The molecular weight excluding hydrogens is 260 g/mol. The number of hydrogen-bond donors (Lipinski definition) is 1. The SMILES string of the molecule is CC1CCC2(CC1)COC(c1cc(F)ccc1F)CN2. The highest BCUT2D eigenvalue weighted by atomic mass is 19.1. The lowest BCUT2D eigenvalue weighted by atomic mass is 9.77. The molecule has 0 aromatic heterocycles. The van der Waals surface area contributed by atoms with Crippen LogP contribution in [-0.2, 0) is 4.74 Å². The van der Waals surface area contributed by atoms with Gasteiger partial charge in [-0.2, -0.15) is 0 Å². The summed E-state index contributed by atoms with van der Waals surface area (Å²) in [5, 5.41) is 3.54. The van der Waals surface area contributed by atoms with Crippen molar-refractivity contribution in [2.24, 2.45) is 5.92 Å². The van der Waals surface area contributed by atoms with E-state index >= 15 is 0 Å². The van der Waals surface area contributed by atoms with Crippen LogP contribution in [0.2, 0.25) is 0 Å². The second-order valence-corrected chi connectivity index (χ2v) is 6.31. The van der Waals surface area contributed by atoms with Gasteiger partial charge in [-0.15, -0.1) is 0 Å². The van der Waals surface area contributed by atoms with Crippen LogP contribution in [0.5, 0.6) is 0 Å². The van der Waals surface area contributed by atoms with Gasteiger partial charge in [0.05, 0.1) is 12.7 Å². The molecule has 0 radical (unpaired) electrons. The molecule has 1 heterocycles. The van der Waals surface area contributed by atoms with Crippen LogP contribution < -0.4 is 5.32 Å². The van der Waals surface area contributed by atoms with E-state index in [0.29, 0.717) is 18.7 Å². The number of nitrogens with one attached hydrogen (secondary N) is 1. The predicted octanol–water partition coefficient (Wildman–Crippen LogP) is 3.57. The minimum atomic E-state index is -0.420. The molecule has 3 rings (SSSR count). The topological polar surface area (TPSA) is 21.3 Å². The summed E-state index contributed by atoms with van der Waals surface area (Å²) >= 11 is 0. The van der Waals surface area contributed by atoms with Crippen LogP contribution in [-0.4, -0.2) is 18.7 Å².